The van der Waals surface area contributed by atoms with Crippen LogP contribution in [0.25, 0.3) is 11.3 Å². The van der Waals surface area contributed by atoms with E-state index in [2.05, 4.69) is 16.9 Å². The van der Waals surface area contributed by atoms with Crippen molar-refractivity contribution >= 4 is 5.91 Å². The van der Waals surface area contributed by atoms with Gasteiger partial charge in [0.2, 0.25) is 0 Å². The van der Waals surface area contributed by atoms with Crippen molar-refractivity contribution in [3.63, 3.8) is 0 Å². The van der Waals surface area contributed by atoms with Crippen LogP contribution in [0.15, 0.2) is 54.6 Å². The number of halogens is 1. The average Bonchev–Trinajstić information content (AvgIpc) is 2.72. The first-order valence-corrected chi connectivity index (χ1v) is 9.36. The van der Waals surface area contributed by atoms with Crippen molar-refractivity contribution in [2.45, 2.75) is 33.2 Å². The second-order valence-corrected chi connectivity index (χ2v) is 6.87. The molecule has 1 aromatic heterocycles. The molecule has 0 aliphatic carbocycles. The molecule has 4 nitrogen and oxygen atoms in total. The zero-order valence-corrected chi connectivity index (χ0v) is 16.6. The molecule has 0 saturated carbocycles. The van der Waals surface area contributed by atoms with Gasteiger partial charge in [-0.25, -0.2) is 14.4 Å². The third kappa shape index (κ3) is 4.25. The van der Waals surface area contributed by atoms with Crippen LogP contribution < -0.4 is 0 Å². The largest absolute Gasteiger partial charge is 0.335 e. The smallest absolute Gasteiger partial charge is 0.254 e. The second kappa shape index (κ2) is 8.30. The molecule has 0 aliphatic heterocycles. The van der Waals surface area contributed by atoms with Crippen LogP contribution >= 0.6 is 0 Å². The summed E-state index contributed by atoms with van der Waals surface area (Å²) in [6.45, 7) is 5.87. The van der Waals surface area contributed by atoms with E-state index in [0.717, 1.165) is 34.8 Å². The van der Waals surface area contributed by atoms with Crippen molar-refractivity contribution in [1.82, 2.24) is 14.9 Å². The number of hydrogen-bond donors (Lipinski definition) is 0. The lowest BCUT2D eigenvalue weighted by Gasteiger charge is -2.25. The fourth-order valence-electron chi connectivity index (χ4n) is 3.09. The summed E-state index contributed by atoms with van der Waals surface area (Å²) in [4.78, 5) is 23.4. The van der Waals surface area contributed by atoms with Crippen LogP contribution in [-0.2, 0) is 6.42 Å². The fraction of sp³-hybridized carbons (Fsp3) is 0.261. The maximum absolute atomic E-state index is 13.1. The van der Waals surface area contributed by atoms with Gasteiger partial charge < -0.3 is 4.90 Å². The Morgan fingerprint density at radius 3 is 2.32 bits per heavy atom. The number of nitrogens with zero attached hydrogens (tertiary/aromatic N) is 3. The Hall–Kier alpha value is -3.08. The van der Waals surface area contributed by atoms with E-state index in [4.69, 9.17) is 0 Å². The number of aromatic nitrogens is 2. The molecule has 2 aromatic carbocycles. The summed E-state index contributed by atoms with van der Waals surface area (Å²) >= 11 is 0. The highest BCUT2D eigenvalue weighted by Gasteiger charge is 2.19. The first-order valence-electron chi connectivity index (χ1n) is 9.36. The predicted octanol–water partition coefficient (Wildman–Crippen LogP) is 4.99. The number of benzene rings is 2. The van der Waals surface area contributed by atoms with E-state index in [9.17, 15) is 9.18 Å². The highest BCUT2D eigenvalue weighted by molar-refractivity contribution is 5.94. The quantitative estimate of drug-likeness (QED) is 0.629. The van der Waals surface area contributed by atoms with Gasteiger partial charge in [0.05, 0.1) is 11.7 Å². The number of carbonyl (C=O) groups excluding carboxylic acids is 1. The number of amides is 1. The summed E-state index contributed by atoms with van der Waals surface area (Å²) < 4.78 is 13.1. The van der Waals surface area contributed by atoms with Gasteiger partial charge in [-0.3, -0.25) is 4.79 Å². The van der Waals surface area contributed by atoms with Crippen molar-refractivity contribution < 1.29 is 9.18 Å². The van der Waals surface area contributed by atoms with E-state index in [1.807, 2.05) is 44.2 Å². The molecule has 3 aromatic rings. The number of carbonyl (C=O) groups is 1. The summed E-state index contributed by atoms with van der Waals surface area (Å²) in [5.41, 5.74) is 4.29. The van der Waals surface area contributed by atoms with Crippen LogP contribution in [0, 0.1) is 12.7 Å². The first-order chi connectivity index (χ1) is 13.4. The monoisotopic (exact) mass is 377 g/mol. The second-order valence-electron chi connectivity index (χ2n) is 6.87. The maximum Gasteiger partial charge on any atom is 0.254 e. The molecule has 0 spiro atoms. The molecule has 0 bridgehead atoms. The van der Waals surface area contributed by atoms with Crippen molar-refractivity contribution in [2.75, 3.05) is 7.05 Å². The number of rotatable bonds is 5. The molecule has 1 atom stereocenters. The van der Waals surface area contributed by atoms with E-state index in [-0.39, 0.29) is 17.8 Å². The van der Waals surface area contributed by atoms with Gasteiger partial charge in [-0.2, -0.15) is 0 Å². The van der Waals surface area contributed by atoms with Gasteiger partial charge in [-0.1, -0.05) is 31.2 Å². The van der Waals surface area contributed by atoms with Gasteiger partial charge in [0.15, 0.2) is 0 Å². The molecule has 144 valence electrons. The molecule has 1 heterocycles. The molecular weight excluding hydrogens is 353 g/mol. The van der Waals surface area contributed by atoms with Gasteiger partial charge in [0.1, 0.15) is 11.6 Å². The Kier molecular flexibility index (Phi) is 5.83. The zero-order valence-electron chi connectivity index (χ0n) is 16.6. The summed E-state index contributed by atoms with van der Waals surface area (Å²) in [6.07, 6.45) is 0.846. The van der Waals surface area contributed by atoms with Gasteiger partial charge in [-0.15, -0.1) is 0 Å². The van der Waals surface area contributed by atoms with Crippen LogP contribution in [-0.4, -0.2) is 27.8 Å². The minimum atomic E-state index is -0.285. The molecule has 0 aliphatic rings. The Morgan fingerprint density at radius 2 is 1.71 bits per heavy atom. The van der Waals surface area contributed by atoms with E-state index in [1.165, 1.54) is 12.1 Å². The molecule has 0 unspecified atom stereocenters. The molecule has 0 saturated heterocycles. The highest BCUT2D eigenvalue weighted by Crippen LogP contribution is 2.23. The Morgan fingerprint density at radius 1 is 1.07 bits per heavy atom. The Labute approximate surface area is 165 Å². The third-order valence-electron chi connectivity index (χ3n) is 4.93. The van der Waals surface area contributed by atoms with Crippen LogP contribution in [0.3, 0.4) is 0 Å². The first kappa shape index (κ1) is 19.7. The molecule has 0 radical (unpaired) electrons. The van der Waals surface area contributed by atoms with Crippen LogP contribution in [0.5, 0.6) is 0 Å². The minimum Gasteiger partial charge on any atom is -0.335 e. The van der Waals surface area contributed by atoms with E-state index >= 15 is 0 Å². The molecule has 28 heavy (non-hydrogen) atoms. The van der Waals surface area contributed by atoms with Crippen molar-refractivity contribution in [3.05, 3.63) is 83.1 Å². The molecule has 0 N–H and O–H groups in total. The Bertz CT molecular complexity index is 968. The van der Waals surface area contributed by atoms with Crippen LogP contribution in [0.1, 0.15) is 47.3 Å². The van der Waals surface area contributed by atoms with Crippen molar-refractivity contribution in [2.24, 2.45) is 0 Å². The maximum atomic E-state index is 13.1. The van der Waals surface area contributed by atoms with E-state index < -0.39 is 0 Å². The van der Waals surface area contributed by atoms with E-state index in [1.54, 1.807) is 24.1 Å². The Balaban J connectivity index is 1.79. The van der Waals surface area contributed by atoms with Gasteiger partial charge in [0.25, 0.3) is 5.91 Å². The van der Waals surface area contributed by atoms with E-state index in [0.29, 0.717) is 5.56 Å². The summed E-state index contributed by atoms with van der Waals surface area (Å²) in [5, 5.41) is 0. The van der Waals surface area contributed by atoms with Crippen LogP contribution in [0.2, 0.25) is 0 Å². The summed E-state index contributed by atoms with van der Waals surface area (Å²) in [5.74, 6) is 0.366. The summed E-state index contributed by atoms with van der Waals surface area (Å²) in [6, 6.07) is 15.5. The molecule has 5 heteroatoms. The van der Waals surface area contributed by atoms with Crippen molar-refractivity contribution in [3.8, 4) is 11.3 Å². The SMILES string of the molecule is CCc1cc(-c2ccc(C(=O)N(C)[C@H](C)c3ccc(F)cc3)cc2)nc(C)n1. The van der Waals surface area contributed by atoms with Crippen molar-refractivity contribution in [1.29, 1.82) is 0 Å². The molecular formula is C23H24FN3O. The van der Waals surface area contributed by atoms with Gasteiger partial charge in [0, 0.05) is 23.9 Å². The lowest BCUT2D eigenvalue weighted by molar-refractivity contribution is 0.0742. The van der Waals surface area contributed by atoms with Gasteiger partial charge in [-0.05, 0) is 56.2 Å². The topological polar surface area (TPSA) is 46.1 Å². The molecule has 1 amide bonds. The van der Waals surface area contributed by atoms with Crippen LogP contribution in [0.4, 0.5) is 4.39 Å². The molecule has 0 fully saturated rings. The zero-order chi connectivity index (χ0) is 20.3. The van der Waals surface area contributed by atoms with Gasteiger partial charge >= 0.3 is 0 Å². The lowest BCUT2D eigenvalue weighted by Crippen LogP contribution is -2.29. The highest BCUT2D eigenvalue weighted by atomic mass is 19.1. The third-order valence-corrected chi connectivity index (χ3v) is 4.93. The number of hydrogen-bond acceptors (Lipinski definition) is 3. The summed E-state index contributed by atoms with van der Waals surface area (Å²) in [7, 11) is 1.76. The fourth-order valence-corrected chi connectivity index (χ4v) is 3.09. The minimum absolute atomic E-state index is 0.0866. The molecule has 3 rings (SSSR count). The normalized spacial score (nSPS) is 11.9. The lowest BCUT2D eigenvalue weighted by atomic mass is 10.0. The number of aryl methyl sites for hydroxylation is 2. The predicted molar refractivity (Wildman–Crippen MR) is 108 cm³/mol. The standard InChI is InChI=1S/C23H24FN3O/c1-5-21-14-22(26-16(3)25-21)18-6-8-19(9-7-18)23(28)27(4)15(2)17-10-12-20(24)13-11-17/h6-15H,5H2,1-4H3/t15-/m1/s1. The average molecular weight is 377 g/mol.